The van der Waals surface area contributed by atoms with Gasteiger partial charge in [-0.3, -0.25) is 14.4 Å². The summed E-state index contributed by atoms with van der Waals surface area (Å²) in [6, 6.07) is 7.60. The zero-order chi connectivity index (χ0) is 16.1. The van der Waals surface area contributed by atoms with Gasteiger partial charge in [-0.05, 0) is 30.9 Å². The van der Waals surface area contributed by atoms with E-state index in [-0.39, 0.29) is 31.6 Å². The van der Waals surface area contributed by atoms with E-state index in [1.54, 1.807) is 4.90 Å². The van der Waals surface area contributed by atoms with Crippen molar-refractivity contribution in [3.63, 3.8) is 0 Å². The van der Waals surface area contributed by atoms with Crippen molar-refractivity contribution in [1.82, 2.24) is 0 Å². The topological polar surface area (TPSA) is 94.9 Å². The molecule has 0 spiro atoms. The van der Waals surface area contributed by atoms with E-state index in [0.717, 1.165) is 17.7 Å². The molecule has 0 saturated carbocycles. The maximum Gasteiger partial charge on any atom is 0.303 e. The lowest BCUT2D eigenvalue weighted by molar-refractivity contribution is -0.137. The molecule has 1 aromatic rings. The first-order valence-corrected chi connectivity index (χ1v) is 7.32. The van der Waals surface area contributed by atoms with Crippen LogP contribution in [-0.2, 0) is 20.8 Å². The van der Waals surface area contributed by atoms with Crippen molar-refractivity contribution < 1.29 is 24.6 Å². The number of carboxylic acid groups (broad SMARTS) is 2. The molecule has 2 rings (SSSR count). The Bertz CT molecular complexity index is 566. The van der Waals surface area contributed by atoms with E-state index < -0.39 is 17.9 Å². The Hall–Kier alpha value is -2.37. The first kappa shape index (κ1) is 16.0. The van der Waals surface area contributed by atoms with Gasteiger partial charge < -0.3 is 15.1 Å². The van der Waals surface area contributed by atoms with Crippen molar-refractivity contribution in [2.45, 2.75) is 32.1 Å². The molecule has 1 amide bonds. The number of aliphatic carboxylic acids is 2. The second-order valence-corrected chi connectivity index (χ2v) is 5.43. The van der Waals surface area contributed by atoms with Gasteiger partial charge in [0, 0.05) is 31.0 Å². The lowest BCUT2D eigenvalue weighted by atomic mass is 9.95. The van der Waals surface area contributed by atoms with Crippen LogP contribution in [0.5, 0.6) is 0 Å². The molecule has 2 N–H and O–H groups in total. The molecule has 1 aromatic carbocycles. The number of hydrogen-bond donors (Lipinski definition) is 2. The number of carbonyl (C=O) groups excluding carboxylic acids is 1. The van der Waals surface area contributed by atoms with Gasteiger partial charge in [0.05, 0.1) is 0 Å². The summed E-state index contributed by atoms with van der Waals surface area (Å²) < 4.78 is 0. The van der Waals surface area contributed by atoms with Gasteiger partial charge in [0.1, 0.15) is 0 Å². The second kappa shape index (κ2) is 7.06. The van der Waals surface area contributed by atoms with Gasteiger partial charge in [0.15, 0.2) is 0 Å². The average Bonchev–Trinajstić information content (AvgIpc) is 2.90. The van der Waals surface area contributed by atoms with Crippen molar-refractivity contribution in [2.24, 2.45) is 5.92 Å². The molecule has 22 heavy (non-hydrogen) atoms. The highest BCUT2D eigenvalue weighted by Crippen LogP contribution is 2.30. The number of nitrogens with zero attached hydrogens (tertiary/aromatic N) is 1. The van der Waals surface area contributed by atoms with Gasteiger partial charge in [-0.25, -0.2) is 0 Å². The zero-order valence-electron chi connectivity index (χ0n) is 12.2. The van der Waals surface area contributed by atoms with Crippen LogP contribution in [0, 0.1) is 5.92 Å². The molecule has 0 fully saturated rings. The van der Waals surface area contributed by atoms with Crippen molar-refractivity contribution >= 4 is 23.5 Å². The van der Waals surface area contributed by atoms with E-state index >= 15 is 0 Å². The van der Waals surface area contributed by atoms with Gasteiger partial charge in [-0.1, -0.05) is 18.2 Å². The summed E-state index contributed by atoms with van der Waals surface area (Å²) in [5.74, 6) is -2.70. The Kier molecular flexibility index (Phi) is 5.14. The smallest absolute Gasteiger partial charge is 0.303 e. The van der Waals surface area contributed by atoms with Crippen molar-refractivity contribution in [1.29, 1.82) is 0 Å². The molecule has 0 aliphatic carbocycles. The van der Waals surface area contributed by atoms with Crippen LogP contribution in [0.25, 0.3) is 0 Å². The SMILES string of the molecule is O=C(O)CCC(CCC(=O)O)C(=O)N1CCc2ccccc21. The molecule has 6 nitrogen and oxygen atoms in total. The Balaban J connectivity index is 2.11. The second-order valence-electron chi connectivity index (χ2n) is 5.43. The van der Waals surface area contributed by atoms with Crippen LogP contribution in [0.1, 0.15) is 31.2 Å². The molecule has 6 heteroatoms. The Morgan fingerprint density at radius 1 is 1.05 bits per heavy atom. The van der Waals surface area contributed by atoms with Gasteiger partial charge in [-0.2, -0.15) is 0 Å². The Morgan fingerprint density at radius 3 is 2.23 bits per heavy atom. The van der Waals surface area contributed by atoms with Gasteiger partial charge in [0.25, 0.3) is 0 Å². The third kappa shape index (κ3) is 3.84. The van der Waals surface area contributed by atoms with Crippen molar-refractivity contribution in [2.75, 3.05) is 11.4 Å². The van der Waals surface area contributed by atoms with Gasteiger partial charge >= 0.3 is 11.9 Å². The fourth-order valence-electron chi connectivity index (χ4n) is 2.77. The number of para-hydroxylation sites is 1. The number of anilines is 1. The summed E-state index contributed by atoms with van der Waals surface area (Å²) in [5.41, 5.74) is 1.94. The quantitative estimate of drug-likeness (QED) is 0.802. The van der Waals surface area contributed by atoms with E-state index in [2.05, 4.69) is 0 Å². The number of amides is 1. The maximum atomic E-state index is 12.7. The minimum absolute atomic E-state index is 0.133. The number of carbonyl (C=O) groups is 3. The molecule has 1 heterocycles. The number of rotatable bonds is 7. The minimum Gasteiger partial charge on any atom is -0.481 e. The van der Waals surface area contributed by atoms with Crippen molar-refractivity contribution in [3.8, 4) is 0 Å². The van der Waals surface area contributed by atoms with Crippen LogP contribution in [0.4, 0.5) is 5.69 Å². The lowest BCUT2D eigenvalue weighted by Gasteiger charge is -2.23. The predicted molar refractivity (Wildman–Crippen MR) is 79.7 cm³/mol. The number of fused-ring (bicyclic) bond motifs is 1. The third-order valence-corrected chi connectivity index (χ3v) is 3.92. The van der Waals surface area contributed by atoms with Crippen LogP contribution < -0.4 is 4.90 Å². The Labute approximate surface area is 128 Å². The highest BCUT2D eigenvalue weighted by molar-refractivity contribution is 5.97. The molecule has 0 radical (unpaired) electrons. The van der Waals surface area contributed by atoms with Crippen LogP contribution in [0.15, 0.2) is 24.3 Å². The molecule has 1 aliphatic rings. The molecular formula is C16H19NO5. The van der Waals surface area contributed by atoms with Crippen LogP contribution in [0.2, 0.25) is 0 Å². The Morgan fingerprint density at radius 2 is 1.64 bits per heavy atom. The molecular weight excluding hydrogens is 286 g/mol. The molecule has 0 aromatic heterocycles. The summed E-state index contributed by atoms with van der Waals surface area (Å²) in [5, 5.41) is 17.6. The number of benzene rings is 1. The molecule has 0 unspecified atom stereocenters. The van der Waals surface area contributed by atoms with Gasteiger partial charge in [0.2, 0.25) is 5.91 Å². The fraction of sp³-hybridized carbons (Fsp3) is 0.438. The standard InChI is InChI=1S/C16H19NO5/c18-14(19)7-5-12(6-8-15(20)21)16(22)17-10-9-11-3-1-2-4-13(11)17/h1-4,12H,5-10H2,(H,18,19)(H,20,21). The first-order valence-electron chi connectivity index (χ1n) is 7.32. The molecule has 0 atom stereocenters. The number of carboxylic acids is 2. The third-order valence-electron chi connectivity index (χ3n) is 3.92. The summed E-state index contributed by atoms with van der Waals surface area (Å²) in [7, 11) is 0. The molecule has 118 valence electrons. The zero-order valence-corrected chi connectivity index (χ0v) is 12.2. The fourth-order valence-corrected chi connectivity index (χ4v) is 2.77. The highest BCUT2D eigenvalue weighted by atomic mass is 16.4. The van der Waals surface area contributed by atoms with E-state index in [9.17, 15) is 14.4 Å². The predicted octanol–water partition coefficient (Wildman–Crippen LogP) is 1.92. The van der Waals surface area contributed by atoms with Gasteiger partial charge in [-0.15, -0.1) is 0 Å². The van der Waals surface area contributed by atoms with E-state index in [0.29, 0.717) is 6.54 Å². The molecule has 0 saturated heterocycles. The maximum absolute atomic E-state index is 12.7. The number of hydrogen-bond acceptors (Lipinski definition) is 3. The first-order chi connectivity index (χ1) is 10.5. The normalized spacial score (nSPS) is 13.2. The largest absolute Gasteiger partial charge is 0.481 e. The van der Waals surface area contributed by atoms with Crippen LogP contribution in [0.3, 0.4) is 0 Å². The summed E-state index contributed by atoms with van der Waals surface area (Å²) in [6.45, 7) is 0.564. The van der Waals surface area contributed by atoms with Crippen LogP contribution in [-0.4, -0.2) is 34.6 Å². The van der Waals surface area contributed by atoms with E-state index in [4.69, 9.17) is 10.2 Å². The van der Waals surface area contributed by atoms with Crippen molar-refractivity contribution in [3.05, 3.63) is 29.8 Å². The van der Waals surface area contributed by atoms with Crippen LogP contribution >= 0.6 is 0 Å². The summed E-state index contributed by atoms with van der Waals surface area (Å²) in [4.78, 5) is 35.8. The summed E-state index contributed by atoms with van der Waals surface area (Å²) >= 11 is 0. The average molecular weight is 305 g/mol. The highest BCUT2D eigenvalue weighted by Gasteiger charge is 2.30. The summed E-state index contributed by atoms with van der Waals surface area (Å²) in [6.07, 6.45) is 0.837. The molecule has 0 bridgehead atoms. The lowest BCUT2D eigenvalue weighted by Crippen LogP contribution is -2.35. The van der Waals surface area contributed by atoms with E-state index in [1.807, 2.05) is 24.3 Å². The van der Waals surface area contributed by atoms with E-state index in [1.165, 1.54) is 0 Å². The minimum atomic E-state index is -0.977. The molecule has 1 aliphatic heterocycles. The monoisotopic (exact) mass is 305 g/mol.